The monoisotopic (exact) mass is 296 g/mol. The van der Waals surface area contributed by atoms with Crippen LogP contribution in [0, 0.1) is 5.92 Å². The molecule has 124 valence electrons. The van der Waals surface area contributed by atoms with E-state index in [0.717, 1.165) is 24.8 Å². The zero-order valence-corrected chi connectivity index (χ0v) is 14.7. The normalized spacial score (nSPS) is 20.2. The lowest BCUT2D eigenvalue weighted by Crippen LogP contribution is -2.39. The fraction of sp³-hybridized carbons (Fsp3) is 0.889. The van der Waals surface area contributed by atoms with Crippen LogP contribution in [0.1, 0.15) is 59.8 Å². The van der Waals surface area contributed by atoms with Crippen molar-refractivity contribution in [1.82, 2.24) is 10.2 Å². The molecule has 0 aromatic carbocycles. The Hall–Kier alpha value is -0.540. The standard InChI is InChI=1S/C18H36N2O/c1-15(2)19-17(5)13-20-11-8-10-18(14-20)9-6-7-12-21-16(3)4/h15-16,18-19H,5-14H2,1-4H3. The fourth-order valence-corrected chi connectivity index (χ4v) is 3.11. The maximum atomic E-state index is 5.61. The van der Waals surface area contributed by atoms with Crippen LogP contribution in [0.5, 0.6) is 0 Å². The second kappa shape index (κ2) is 10.2. The summed E-state index contributed by atoms with van der Waals surface area (Å²) in [6, 6.07) is 0.485. The molecule has 0 amide bonds. The fourth-order valence-electron chi connectivity index (χ4n) is 3.11. The first-order chi connectivity index (χ1) is 9.97. The van der Waals surface area contributed by atoms with E-state index in [0.29, 0.717) is 12.1 Å². The van der Waals surface area contributed by atoms with Crippen molar-refractivity contribution in [2.24, 2.45) is 5.92 Å². The molecule has 21 heavy (non-hydrogen) atoms. The molecule has 1 N–H and O–H groups in total. The minimum atomic E-state index is 0.370. The molecule has 1 atom stereocenters. The second-order valence-corrected chi connectivity index (χ2v) is 7.06. The molecule has 0 spiro atoms. The molecular weight excluding hydrogens is 260 g/mol. The van der Waals surface area contributed by atoms with E-state index in [1.54, 1.807) is 0 Å². The summed E-state index contributed by atoms with van der Waals surface area (Å²) in [7, 11) is 0. The van der Waals surface area contributed by atoms with Gasteiger partial charge < -0.3 is 10.1 Å². The molecule has 0 aliphatic carbocycles. The Morgan fingerprint density at radius 3 is 2.71 bits per heavy atom. The third-order valence-electron chi connectivity index (χ3n) is 3.97. The Kier molecular flexibility index (Phi) is 9.02. The molecule has 1 heterocycles. The zero-order chi connectivity index (χ0) is 15.7. The minimum Gasteiger partial charge on any atom is -0.386 e. The van der Waals surface area contributed by atoms with Gasteiger partial charge in [-0.1, -0.05) is 13.0 Å². The molecule has 3 heteroatoms. The molecular formula is C18H36N2O. The summed E-state index contributed by atoms with van der Waals surface area (Å²) in [5.41, 5.74) is 1.16. The average molecular weight is 296 g/mol. The van der Waals surface area contributed by atoms with E-state index < -0.39 is 0 Å². The molecule has 1 saturated heterocycles. The van der Waals surface area contributed by atoms with Gasteiger partial charge in [0, 0.05) is 31.4 Å². The van der Waals surface area contributed by atoms with Crippen molar-refractivity contribution in [1.29, 1.82) is 0 Å². The lowest BCUT2D eigenvalue weighted by molar-refractivity contribution is 0.0740. The maximum Gasteiger partial charge on any atom is 0.0518 e. The van der Waals surface area contributed by atoms with E-state index in [2.05, 4.69) is 44.5 Å². The number of likely N-dealkylation sites (tertiary alicyclic amines) is 1. The van der Waals surface area contributed by atoms with Crippen LogP contribution in [-0.2, 0) is 4.74 Å². The van der Waals surface area contributed by atoms with E-state index in [-0.39, 0.29) is 0 Å². The molecule has 1 rings (SSSR count). The van der Waals surface area contributed by atoms with Crippen molar-refractivity contribution < 1.29 is 4.74 Å². The summed E-state index contributed by atoms with van der Waals surface area (Å²) in [6.07, 6.45) is 6.96. The van der Waals surface area contributed by atoms with Crippen molar-refractivity contribution in [3.63, 3.8) is 0 Å². The van der Waals surface area contributed by atoms with Crippen LogP contribution in [0.25, 0.3) is 0 Å². The molecule has 1 fully saturated rings. The Bertz CT molecular complexity index is 289. The van der Waals surface area contributed by atoms with Gasteiger partial charge in [-0.2, -0.15) is 0 Å². The van der Waals surface area contributed by atoms with E-state index in [1.807, 2.05) is 0 Å². The lowest BCUT2D eigenvalue weighted by Gasteiger charge is -2.33. The summed E-state index contributed by atoms with van der Waals surface area (Å²) in [5.74, 6) is 0.865. The van der Waals surface area contributed by atoms with Crippen LogP contribution in [0.2, 0.25) is 0 Å². The van der Waals surface area contributed by atoms with Gasteiger partial charge in [0.05, 0.1) is 6.10 Å². The number of rotatable bonds is 10. The first-order valence-electron chi connectivity index (χ1n) is 8.75. The molecule has 3 nitrogen and oxygen atoms in total. The molecule has 1 unspecified atom stereocenters. The van der Waals surface area contributed by atoms with Crippen molar-refractivity contribution in [3.8, 4) is 0 Å². The minimum absolute atomic E-state index is 0.370. The third kappa shape index (κ3) is 9.15. The van der Waals surface area contributed by atoms with Gasteiger partial charge in [0.15, 0.2) is 0 Å². The van der Waals surface area contributed by atoms with Crippen LogP contribution >= 0.6 is 0 Å². The van der Waals surface area contributed by atoms with E-state index >= 15 is 0 Å². The average Bonchev–Trinajstić information content (AvgIpc) is 2.37. The Morgan fingerprint density at radius 2 is 2.05 bits per heavy atom. The predicted molar refractivity (Wildman–Crippen MR) is 91.5 cm³/mol. The smallest absolute Gasteiger partial charge is 0.0518 e. The SMILES string of the molecule is C=C(CN1CCCC(CCCCOC(C)C)C1)NC(C)C. The summed E-state index contributed by atoms with van der Waals surface area (Å²) < 4.78 is 5.61. The second-order valence-electron chi connectivity index (χ2n) is 7.06. The first kappa shape index (κ1) is 18.5. The highest BCUT2D eigenvalue weighted by molar-refractivity contribution is 4.96. The summed E-state index contributed by atoms with van der Waals surface area (Å²) in [5, 5.41) is 3.42. The van der Waals surface area contributed by atoms with E-state index in [4.69, 9.17) is 4.74 Å². The number of nitrogens with zero attached hydrogens (tertiary/aromatic N) is 1. The number of piperidine rings is 1. The first-order valence-corrected chi connectivity index (χ1v) is 8.75. The molecule has 1 aliphatic heterocycles. The van der Waals surface area contributed by atoms with Gasteiger partial charge in [-0.3, -0.25) is 4.90 Å². The quantitative estimate of drug-likeness (QED) is 0.621. The molecule has 0 aromatic heterocycles. The number of hydrogen-bond donors (Lipinski definition) is 1. The van der Waals surface area contributed by atoms with Crippen LogP contribution < -0.4 is 5.32 Å². The van der Waals surface area contributed by atoms with Crippen LogP contribution in [-0.4, -0.2) is 43.3 Å². The number of hydrogen-bond acceptors (Lipinski definition) is 3. The highest BCUT2D eigenvalue weighted by Gasteiger charge is 2.19. The van der Waals surface area contributed by atoms with Gasteiger partial charge in [-0.05, 0) is 65.8 Å². The highest BCUT2D eigenvalue weighted by Crippen LogP contribution is 2.22. The Morgan fingerprint density at radius 1 is 1.29 bits per heavy atom. The van der Waals surface area contributed by atoms with Crippen molar-refractivity contribution in [2.45, 2.75) is 71.9 Å². The predicted octanol–water partition coefficient (Wildman–Crippen LogP) is 3.81. The van der Waals surface area contributed by atoms with Crippen LogP contribution in [0.15, 0.2) is 12.3 Å². The number of ether oxygens (including phenoxy) is 1. The molecule has 0 bridgehead atoms. The Balaban J connectivity index is 2.15. The van der Waals surface area contributed by atoms with Crippen LogP contribution in [0.4, 0.5) is 0 Å². The summed E-state index contributed by atoms with van der Waals surface area (Å²) >= 11 is 0. The van der Waals surface area contributed by atoms with Gasteiger partial charge in [0.25, 0.3) is 0 Å². The summed E-state index contributed by atoms with van der Waals surface area (Å²) in [4.78, 5) is 2.57. The van der Waals surface area contributed by atoms with Crippen molar-refractivity contribution >= 4 is 0 Å². The van der Waals surface area contributed by atoms with E-state index in [1.165, 1.54) is 45.2 Å². The van der Waals surface area contributed by atoms with E-state index in [9.17, 15) is 0 Å². The highest BCUT2D eigenvalue weighted by atomic mass is 16.5. The van der Waals surface area contributed by atoms with Gasteiger partial charge in [-0.25, -0.2) is 0 Å². The molecule has 0 radical (unpaired) electrons. The molecule has 0 aromatic rings. The largest absolute Gasteiger partial charge is 0.386 e. The van der Waals surface area contributed by atoms with Gasteiger partial charge in [-0.15, -0.1) is 0 Å². The zero-order valence-electron chi connectivity index (χ0n) is 14.7. The number of unbranched alkanes of at least 4 members (excludes halogenated alkanes) is 1. The van der Waals surface area contributed by atoms with Crippen molar-refractivity contribution in [2.75, 3.05) is 26.2 Å². The molecule has 1 aliphatic rings. The molecule has 0 saturated carbocycles. The van der Waals surface area contributed by atoms with Gasteiger partial charge in [0.1, 0.15) is 0 Å². The maximum absolute atomic E-state index is 5.61. The number of nitrogens with one attached hydrogen (secondary N) is 1. The van der Waals surface area contributed by atoms with Gasteiger partial charge >= 0.3 is 0 Å². The topological polar surface area (TPSA) is 24.5 Å². The Labute approximate surface area is 132 Å². The third-order valence-corrected chi connectivity index (χ3v) is 3.97. The van der Waals surface area contributed by atoms with Crippen LogP contribution in [0.3, 0.4) is 0 Å². The lowest BCUT2D eigenvalue weighted by atomic mass is 9.92. The summed E-state index contributed by atoms with van der Waals surface area (Å²) in [6.45, 7) is 17.1. The van der Waals surface area contributed by atoms with Gasteiger partial charge in [0.2, 0.25) is 0 Å². The van der Waals surface area contributed by atoms with Crippen molar-refractivity contribution in [3.05, 3.63) is 12.3 Å².